The van der Waals surface area contributed by atoms with Gasteiger partial charge in [0.15, 0.2) is 6.10 Å². The van der Waals surface area contributed by atoms with E-state index in [1.54, 1.807) is 0 Å². The summed E-state index contributed by atoms with van der Waals surface area (Å²) in [5.41, 5.74) is 3.55. The molecule has 0 heterocycles. The maximum Gasteiger partial charge on any atom is 0.344 e. The molecule has 0 saturated carbocycles. The van der Waals surface area contributed by atoms with Crippen LogP contribution in [0.3, 0.4) is 0 Å². The van der Waals surface area contributed by atoms with Crippen LogP contribution in [0.5, 0.6) is 17.2 Å². The number of aryl methyl sites for hydroxylation is 4. The predicted molar refractivity (Wildman–Crippen MR) is 94.6 cm³/mol. The minimum atomic E-state index is -0.999. The van der Waals surface area contributed by atoms with Crippen molar-refractivity contribution in [3.05, 3.63) is 51.5 Å². The van der Waals surface area contributed by atoms with Gasteiger partial charge in [-0.25, -0.2) is 4.79 Å². The lowest BCUT2D eigenvalue weighted by Gasteiger charge is -2.17. The van der Waals surface area contributed by atoms with Gasteiger partial charge in [0.25, 0.3) is 0 Å². The van der Waals surface area contributed by atoms with E-state index in [4.69, 9.17) is 26.2 Å². The molecule has 0 bridgehead atoms. The second-order valence-corrected chi connectivity index (χ2v) is 6.34. The Labute approximate surface area is 147 Å². The van der Waals surface area contributed by atoms with Crippen molar-refractivity contribution in [2.45, 2.75) is 40.7 Å². The molecule has 5 heteroatoms. The minimum Gasteiger partial charge on any atom is -0.479 e. The highest BCUT2D eigenvalue weighted by molar-refractivity contribution is 6.32. The molecule has 0 fully saturated rings. The first-order valence-electron chi connectivity index (χ1n) is 7.64. The molecule has 1 N–H and O–H groups in total. The van der Waals surface area contributed by atoms with E-state index in [0.717, 1.165) is 27.3 Å². The first-order valence-corrected chi connectivity index (χ1v) is 8.02. The number of ether oxygens (including phenoxy) is 2. The fourth-order valence-corrected chi connectivity index (χ4v) is 2.59. The van der Waals surface area contributed by atoms with E-state index < -0.39 is 12.1 Å². The van der Waals surface area contributed by atoms with E-state index in [9.17, 15) is 4.79 Å². The number of hydrogen-bond acceptors (Lipinski definition) is 3. The predicted octanol–water partition coefficient (Wildman–Crippen LogP) is 5.22. The summed E-state index contributed by atoms with van der Waals surface area (Å²) in [7, 11) is 0. The molecule has 0 aliphatic heterocycles. The average Bonchev–Trinajstić information content (AvgIpc) is 2.48. The molecule has 0 saturated heterocycles. The fourth-order valence-electron chi connectivity index (χ4n) is 2.48. The zero-order valence-electron chi connectivity index (χ0n) is 14.4. The molecule has 0 aromatic heterocycles. The van der Waals surface area contributed by atoms with Gasteiger partial charge in [-0.1, -0.05) is 11.6 Å². The highest BCUT2D eigenvalue weighted by Crippen LogP contribution is 2.33. The van der Waals surface area contributed by atoms with Crippen LogP contribution >= 0.6 is 11.6 Å². The molecule has 4 nitrogen and oxygen atoms in total. The van der Waals surface area contributed by atoms with Gasteiger partial charge in [-0.3, -0.25) is 0 Å². The quantitative estimate of drug-likeness (QED) is 0.805. The topological polar surface area (TPSA) is 55.8 Å². The second-order valence-electron chi connectivity index (χ2n) is 5.96. The smallest absolute Gasteiger partial charge is 0.344 e. The number of carbonyl (C=O) groups is 1. The van der Waals surface area contributed by atoms with E-state index >= 15 is 0 Å². The molecule has 2 aromatic rings. The third-order valence-corrected chi connectivity index (χ3v) is 4.32. The third kappa shape index (κ3) is 4.01. The van der Waals surface area contributed by atoms with Crippen LogP contribution < -0.4 is 9.47 Å². The molecule has 0 amide bonds. The van der Waals surface area contributed by atoms with E-state index in [2.05, 4.69) is 0 Å². The van der Waals surface area contributed by atoms with Crippen LogP contribution in [-0.4, -0.2) is 17.2 Å². The lowest BCUT2D eigenvalue weighted by atomic mass is 10.1. The molecule has 2 rings (SSSR count). The first-order chi connectivity index (χ1) is 11.2. The van der Waals surface area contributed by atoms with Crippen LogP contribution in [0, 0.1) is 27.7 Å². The summed E-state index contributed by atoms with van der Waals surface area (Å²) in [5, 5.41) is 9.73. The maximum atomic E-state index is 11.0. The summed E-state index contributed by atoms with van der Waals surface area (Å²) in [6.07, 6.45) is -0.907. The van der Waals surface area contributed by atoms with E-state index in [1.807, 2.05) is 52.0 Å². The second kappa shape index (κ2) is 7.14. The Kier molecular flexibility index (Phi) is 5.40. The van der Waals surface area contributed by atoms with Crippen molar-refractivity contribution in [3.63, 3.8) is 0 Å². The van der Waals surface area contributed by atoms with Gasteiger partial charge in [0.05, 0.1) is 0 Å². The van der Waals surface area contributed by atoms with Crippen LogP contribution in [0.4, 0.5) is 0 Å². The Balaban J connectivity index is 2.29. The fraction of sp³-hybridized carbons (Fsp3) is 0.316. The van der Waals surface area contributed by atoms with Crippen molar-refractivity contribution in [3.8, 4) is 17.2 Å². The molecule has 0 aliphatic carbocycles. The van der Waals surface area contributed by atoms with Crippen molar-refractivity contribution in [2.24, 2.45) is 0 Å². The monoisotopic (exact) mass is 348 g/mol. The number of halogens is 1. The van der Waals surface area contributed by atoms with Gasteiger partial charge in [-0.15, -0.1) is 0 Å². The lowest BCUT2D eigenvalue weighted by molar-refractivity contribution is -0.144. The molecule has 24 heavy (non-hydrogen) atoms. The molecular formula is C19H21ClO4. The SMILES string of the molecule is Cc1cc(Oc2cc(C)c(OC(C)C(=O)O)c(C)c2)cc(C)c1Cl. The summed E-state index contributed by atoms with van der Waals surface area (Å²) < 4.78 is 11.5. The van der Waals surface area contributed by atoms with E-state index in [1.165, 1.54) is 6.92 Å². The summed E-state index contributed by atoms with van der Waals surface area (Å²) in [4.78, 5) is 11.0. The van der Waals surface area contributed by atoms with Gasteiger partial charge < -0.3 is 14.6 Å². The van der Waals surface area contributed by atoms with Crippen LogP contribution in [0.25, 0.3) is 0 Å². The van der Waals surface area contributed by atoms with Gasteiger partial charge in [0.1, 0.15) is 17.2 Å². The van der Waals surface area contributed by atoms with Gasteiger partial charge in [-0.05, 0) is 81.1 Å². The summed E-state index contributed by atoms with van der Waals surface area (Å²) >= 11 is 6.18. The number of hydrogen-bond donors (Lipinski definition) is 1. The van der Waals surface area contributed by atoms with Gasteiger partial charge in [0, 0.05) is 5.02 Å². The summed E-state index contributed by atoms with van der Waals surface area (Å²) in [6.45, 7) is 9.10. The molecule has 1 unspecified atom stereocenters. The molecular weight excluding hydrogens is 328 g/mol. The maximum absolute atomic E-state index is 11.0. The van der Waals surface area contributed by atoms with Crippen LogP contribution in [0.2, 0.25) is 5.02 Å². The molecule has 0 aliphatic rings. The number of carboxylic acids is 1. The van der Waals surface area contributed by atoms with Crippen molar-refractivity contribution in [1.82, 2.24) is 0 Å². The Morgan fingerprint density at radius 1 is 0.958 bits per heavy atom. The van der Waals surface area contributed by atoms with Crippen molar-refractivity contribution < 1.29 is 19.4 Å². The Morgan fingerprint density at radius 2 is 1.38 bits per heavy atom. The summed E-state index contributed by atoms with van der Waals surface area (Å²) in [5.74, 6) is 0.948. The number of carboxylic acid groups (broad SMARTS) is 1. The van der Waals surface area contributed by atoms with Gasteiger partial charge in [-0.2, -0.15) is 0 Å². The standard InChI is InChI=1S/C19H21ClO4/c1-10-6-15(7-11(2)17(10)20)24-16-8-12(3)18(13(4)9-16)23-14(5)19(21)22/h6-9,14H,1-5H3,(H,21,22). The number of benzene rings is 2. The van der Waals surface area contributed by atoms with Crippen LogP contribution in [0.1, 0.15) is 29.2 Å². The summed E-state index contributed by atoms with van der Waals surface area (Å²) in [6, 6.07) is 7.43. The molecule has 0 radical (unpaired) electrons. The first kappa shape index (κ1) is 18.1. The van der Waals surface area contributed by atoms with Crippen molar-refractivity contribution >= 4 is 17.6 Å². The van der Waals surface area contributed by atoms with Gasteiger partial charge in [0.2, 0.25) is 0 Å². The highest BCUT2D eigenvalue weighted by atomic mass is 35.5. The normalized spacial score (nSPS) is 11.9. The zero-order chi connectivity index (χ0) is 18.0. The van der Waals surface area contributed by atoms with E-state index in [-0.39, 0.29) is 0 Å². The Hall–Kier alpha value is -2.20. The molecule has 2 aromatic carbocycles. The minimum absolute atomic E-state index is 0.570. The largest absolute Gasteiger partial charge is 0.479 e. The number of rotatable bonds is 5. The molecule has 0 spiro atoms. The highest BCUT2D eigenvalue weighted by Gasteiger charge is 2.16. The zero-order valence-corrected chi connectivity index (χ0v) is 15.2. The molecule has 1 atom stereocenters. The average molecular weight is 349 g/mol. The lowest BCUT2D eigenvalue weighted by Crippen LogP contribution is -2.23. The molecule has 128 valence electrons. The van der Waals surface area contributed by atoms with Crippen LogP contribution in [0.15, 0.2) is 24.3 Å². The van der Waals surface area contributed by atoms with Gasteiger partial charge >= 0.3 is 5.97 Å². The number of aliphatic carboxylic acids is 1. The Morgan fingerprint density at radius 3 is 1.79 bits per heavy atom. The van der Waals surface area contributed by atoms with Crippen LogP contribution in [-0.2, 0) is 4.79 Å². The Bertz CT molecular complexity index is 737. The van der Waals surface area contributed by atoms with Crippen molar-refractivity contribution in [2.75, 3.05) is 0 Å². The van der Waals surface area contributed by atoms with Crippen molar-refractivity contribution in [1.29, 1.82) is 0 Å². The third-order valence-electron chi connectivity index (χ3n) is 3.72. The van der Waals surface area contributed by atoms with E-state index in [0.29, 0.717) is 17.2 Å².